The van der Waals surface area contributed by atoms with Crippen LogP contribution in [0.4, 0.5) is 13.2 Å². The van der Waals surface area contributed by atoms with Gasteiger partial charge in [-0.25, -0.2) is 4.79 Å². The maximum atomic E-state index is 12.9. The van der Waals surface area contributed by atoms with Crippen molar-refractivity contribution in [3.63, 3.8) is 0 Å². The molecule has 0 aliphatic rings. The maximum absolute atomic E-state index is 12.9. The fraction of sp³-hybridized carbons (Fsp3) is 0.0870. The number of furan rings is 1. The topological polar surface area (TPSA) is 50.4 Å². The fourth-order valence-electron chi connectivity index (χ4n) is 3.31. The van der Waals surface area contributed by atoms with Crippen molar-refractivity contribution in [3.05, 3.63) is 95.2 Å². The molecule has 0 aliphatic heterocycles. The van der Waals surface area contributed by atoms with E-state index in [2.05, 4.69) is 0 Å². The number of para-hydroxylation sites is 1. The van der Waals surface area contributed by atoms with Gasteiger partial charge in [0.05, 0.1) is 11.1 Å². The molecular weight excluding hydrogens is 381 g/mol. The zero-order valence-electron chi connectivity index (χ0n) is 15.0. The van der Waals surface area contributed by atoms with Crippen molar-refractivity contribution in [1.82, 2.24) is 0 Å². The Hall–Kier alpha value is -3.54. The first-order chi connectivity index (χ1) is 13.8. The number of carboxylic acids is 1. The highest BCUT2D eigenvalue weighted by Crippen LogP contribution is 2.33. The van der Waals surface area contributed by atoms with Crippen LogP contribution in [0.2, 0.25) is 0 Å². The molecule has 0 atom stereocenters. The summed E-state index contributed by atoms with van der Waals surface area (Å²) >= 11 is 0. The molecular formula is C23H15F3O3. The zero-order valence-corrected chi connectivity index (χ0v) is 15.0. The Morgan fingerprint density at radius 2 is 1.69 bits per heavy atom. The van der Waals surface area contributed by atoms with E-state index in [1.165, 1.54) is 12.1 Å². The number of alkyl halides is 3. The molecule has 0 saturated carbocycles. The Labute approximate surface area is 164 Å². The van der Waals surface area contributed by atoms with Crippen LogP contribution in [0.3, 0.4) is 0 Å². The van der Waals surface area contributed by atoms with Crippen LogP contribution in [0.25, 0.3) is 22.1 Å². The number of hydrogen-bond acceptors (Lipinski definition) is 2. The van der Waals surface area contributed by atoms with E-state index in [9.17, 15) is 23.1 Å². The Bertz CT molecular complexity index is 1210. The number of benzene rings is 3. The molecule has 1 heterocycles. The second kappa shape index (κ2) is 7.13. The van der Waals surface area contributed by atoms with E-state index in [1.807, 2.05) is 18.2 Å². The smallest absolute Gasteiger partial charge is 0.416 e. The molecule has 1 aromatic heterocycles. The molecule has 3 aromatic carbocycles. The van der Waals surface area contributed by atoms with Crippen molar-refractivity contribution >= 4 is 16.9 Å². The lowest BCUT2D eigenvalue weighted by Gasteiger charge is -2.08. The number of carbonyl (C=O) groups is 1. The lowest BCUT2D eigenvalue weighted by molar-refractivity contribution is -0.137. The van der Waals surface area contributed by atoms with Crippen molar-refractivity contribution in [3.8, 4) is 11.1 Å². The quantitative estimate of drug-likeness (QED) is 0.434. The zero-order chi connectivity index (χ0) is 20.6. The van der Waals surface area contributed by atoms with E-state index < -0.39 is 17.7 Å². The van der Waals surface area contributed by atoms with Crippen LogP contribution in [0.1, 0.15) is 27.2 Å². The van der Waals surface area contributed by atoms with Crippen LogP contribution in [0, 0.1) is 0 Å². The van der Waals surface area contributed by atoms with E-state index in [-0.39, 0.29) is 12.0 Å². The van der Waals surface area contributed by atoms with Gasteiger partial charge in [0.15, 0.2) is 0 Å². The number of rotatable bonds is 4. The highest BCUT2D eigenvalue weighted by Gasteiger charge is 2.30. The summed E-state index contributed by atoms with van der Waals surface area (Å²) in [5, 5.41) is 10.0. The molecule has 1 N–H and O–H groups in total. The molecule has 3 nitrogen and oxygen atoms in total. The number of halogens is 3. The molecule has 0 unspecified atom stereocenters. The van der Waals surface area contributed by atoms with Crippen molar-refractivity contribution in [2.45, 2.75) is 12.6 Å². The van der Waals surface area contributed by atoms with Crippen LogP contribution in [0.5, 0.6) is 0 Å². The van der Waals surface area contributed by atoms with Crippen LogP contribution in [-0.4, -0.2) is 11.1 Å². The predicted octanol–water partition coefficient (Wildman–Crippen LogP) is 6.41. The molecule has 0 bridgehead atoms. The van der Waals surface area contributed by atoms with Gasteiger partial charge in [-0.15, -0.1) is 0 Å². The number of hydrogen-bond donors (Lipinski definition) is 1. The van der Waals surface area contributed by atoms with Gasteiger partial charge < -0.3 is 9.52 Å². The highest BCUT2D eigenvalue weighted by atomic mass is 19.4. The SMILES string of the molecule is O=C(O)c1cccc(-c2cccc3cc(Cc4cccc(C(F)(F)F)c4)oc23)c1. The molecule has 0 fully saturated rings. The summed E-state index contributed by atoms with van der Waals surface area (Å²) < 4.78 is 44.8. The van der Waals surface area contributed by atoms with Crippen molar-refractivity contribution < 1.29 is 27.5 Å². The second-order valence-electron chi connectivity index (χ2n) is 6.70. The number of carboxylic acid groups (broad SMARTS) is 1. The summed E-state index contributed by atoms with van der Waals surface area (Å²) in [7, 11) is 0. The minimum atomic E-state index is -4.40. The average molecular weight is 396 g/mol. The Morgan fingerprint density at radius 1 is 0.931 bits per heavy atom. The summed E-state index contributed by atoms with van der Waals surface area (Å²) in [5.74, 6) is -0.495. The van der Waals surface area contributed by atoms with E-state index in [4.69, 9.17) is 4.42 Å². The minimum absolute atomic E-state index is 0.162. The van der Waals surface area contributed by atoms with E-state index >= 15 is 0 Å². The third-order valence-corrected chi connectivity index (χ3v) is 4.65. The lowest BCUT2D eigenvalue weighted by atomic mass is 10.0. The molecule has 0 aliphatic carbocycles. The van der Waals surface area contributed by atoms with Gasteiger partial charge in [0.25, 0.3) is 0 Å². The normalized spacial score (nSPS) is 11.7. The number of fused-ring (bicyclic) bond motifs is 1. The molecule has 6 heteroatoms. The van der Waals surface area contributed by atoms with E-state index in [0.29, 0.717) is 22.5 Å². The van der Waals surface area contributed by atoms with Gasteiger partial charge in [-0.1, -0.05) is 48.5 Å². The Morgan fingerprint density at radius 3 is 2.45 bits per heavy atom. The van der Waals surface area contributed by atoms with Gasteiger partial charge in [0.1, 0.15) is 11.3 Å². The molecule has 29 heavy (non-hydrogen) atoms. The lowest BCUT2D eigenvalue weighted by Crippen LogP contribution is -2.05. The first-order valence-corrected chi connectivity index (χ1v) is 8.82. The first-order valence-electron chi connectivity index (χ1n) is 8.82. The van der Waals surface area contributed by atoms with Crippen LogP contribution < -0.4 is 0 Å². The van der Waals surface area contributed by atoms with Crippen molar-refractivity contribution in [2.24, 2.45) is 0 Å². The third kappa shape index (κ3) is 3.87. The van der Waals surface area contributed by atoms with Crippen molar-refractivity contribution in [1.29, 1.82) is 0 Å². The summed E-state index contributed by atoms with van der Waals surface area (Å²) in [4.78, 5) is 11.2. The summed E-state index contributed by atoms with van der Waals surface area (Å²) in [5.41, 5.74) is 1.94. The van der Waals surface area contributed by atoms with Crippen molar-refractivity contribution in [2.75, 3.05) is 0 Å². The average Bonchev–Trinajstić information content (AvgIpc) is 3.10. The maximum Gasteiger partial charge on any atom is 0.416 e. The van der Waals surface area contributed by atoms with Gasteiger partial charge in [-0.3, -0.25) is 0 Å². The van der Waals surface area contributed by atoms with Gasteiger partial charge in [0, 0.05) is 17.4 Å². The van der Waals surface area contributed by atoms with E-state index in [0.717, 1.165) is 23.1 Å². The molecule has 0 amide bonds. The van der Waals surface area contributed by atoms with Gasteiger partial charge >= 0.3 is 12.1 Å². The molecule has 4 aromatic rings. The second-order valence-corrected chi connectivity index (χ2v) is 6.70. The van der Waals surface area contributed by atoms with Crippen LogP contribution in [0.15, 0.2) is 77.2 Å². The first kappa shape index (κ1) is 18.8. The fourth-order valence-corrected chi connectivity index (χ4v) is 3.31. The van der Waals surface area contributed by atoms with Crippen LogP contribution >= 0.6 is 0 Å². The standard InChI is InChI=1S/C23H15F3O3/c24-23(25,26)18-8-1-4-14(10-18)11-19-13-16-6-3-9-20(21(16)29-19)15-5-2-7-17(12-15)22(27)28/h1-10,12-13H,11H2,(H,27,28). The Balaban J connectivity index is 1.72. The Kier molecular flexibility index (Phi) is 4.62. The molecule has 0 spiro atoms. The predicted molar refractivity (Wildman–Crippen MR) is 103 cm³/mol. The number of aromatic carboxylic acids is 1. The molecule has 4 rings (SSSR count). The minimum Gasteiger partial charge on any atom is -0.478 e. The third-order valence-electron chi connectivity index (χ3n) is 4.65. The summed E-state index contributed by atoms with van der Waals surface area (Å²) in [6.07, 6.45) is -4.18. The van der Waals surface area contributed by atoms with Crippen LogP contribution in [-0.2, 0) is 12.6 Å². The molecule has 0 saturated heterocycles. The van der Waals surface area contributed by atoms with Gasteiger partial charge in [0.2, 0.25) is 0 Å². The summed E-state index contributed by atoms with van der Waals surface area (Å²) in [6.45, 7) is 0. The monoisotopic (exact) mass is 396 g/mol. The molecule has 0 radical (unpaired) electrons. The molecule has 146 valence electrons. The highest BCUT2D eigenvalue weighted by molar-refractivity contribution is 5.95. The van der Waals surface area contributed by atoms with Gasteiger partial charge in [-0.05, 0) is 35.4 Å². The van der Waals surface area contributed by atoms with Gasteiger partial charge in [-0.2, -0.15) is 13.2 Å². The summed E-state index contributed by atoms with van der Waals surface area (Å²) in [6, 6.07) is 19.0. The largest absolute Gasteiger partial charge is 0.478 e. The van der Waals surface area contributed by atoms with E-state index in [1.54, 1.807) is 30.3 Å².